The van der Waals surface area contributed by atoms with Crippen LogP contribution in [-0.4, -0.2) is 22.6 Å². The van der Waals surface area contributed by atoms with E-state index in [9.17, 15) is 9.90 Å². The van der Waals surface area contributed by atoms with Crippen LogP contribution in [0.1, 0.15) is 52.4 Å². The lowest BCUT2D eigenvalue weighted by atomic mass is 9.71. The molecule has 0 spiro atoms. The van der Waals surface area contributed by atoms with E-state index in [-0.39, 0.29) is 5.92 Å². The van der Waals surface area contributed by atoms with Crippen molar-refractivity contribution in [2.75, 3.05) is 11.5 Å². The standard InChI is InChI=1S/C14H26O2S/c1-3-11-7-8-13(14(15)16)12(10-11)6-5-9-17-4-2/h11-13H,3-10H2,1-2H3,(H,15,16). The first kappa shape index (κ1) is 14.9. The molecule has 2 nitrogen and oxygen atoms in total. The van der Waals surface area contributed by atoms with Gasteiger partial charge in [0.1, 0.15) is 0 Å². The van der Waals surface area contributed by atoms with Crippen LogP contribution in [0.4, 0.5) is 0 Å². The summed E-state index contributed by atoms with van der Waals surface area (Å²) >= 11 is 1.97. The Morgan fingerprint density at radius 1 is 1.35 bits per heavy atom. The molecule has 3 unspecified atom stereocenters. The Kier molecular flexibility index (Phi) is 7.02. The molecule has 0 aromatic carbocycles. The van der Waals surface area contributed by atoms with Crippen LogP contribution in [0.5, 0.6) is 0 Å². The molecule has 0 aromatic rings. The van der Waals surface area contributed by atoms with Gasteiger partial charge in [0.15, 0.2) is 0 Å². The second-order valence-corrected chi connectivity index (χ2v) is 6.53. The third-order valence-corrected chi connectivity index (χ3v) is 5.04. The van der Waals surface area contributed by atoms with Crippen LogP contribution in [0.3, 0.4) is 0 Å². The molecule has 0 aliphatic heterocycles. The van der Waals surface area contributed by atoms with Crippen molar-refractivity contribution in [3.8, 4) is 0 Å². The van der Waals surface area contributed by atoms with Gasteiger partial charge >= 0.3 is 5.97 Å². The van der Waals surface area contributed by atoms with Gasteiger partial charge in [0, 0.05) is 0 Å². The highest BCUT2D eigenvalue weighted by atomic mass is 32.2. The third-order valence-electron chi connectivity index (χ3n) is 4.05. The van der Waals surface area contributed by atoms with Gasteiger partial charge in [0.25, 0.3) is 0 Å². The fourth-order valence-electron chi connectivity index (χ4n) is 2.97. The van der Waals surface area contributed by atoms with Gasteiger partial charge in [0.2, 0.25) is 0 Å². The lowest BCUT2D eigenvalue weighted by Gasteiger charge is -2.33. The van der Waals surface area contributed by atoms with Gasteiger partial charge in [0.05, 0.1) is 5.92 Å². The molecule has 100 valence electrons. The number of carbonyl (C=O) groups is 1. The van der Waals surface area contributed by atoms with Crippen LogP contribution in [-0.2, 0) is 4.79 Å². The van der Waals surface area contributed by atoms with Crippen molar-refractivity contribution < 1.29 is 9.90 Å². The summed E-state index contributed by atoms with van der Waals surface area (Å²) < 4.78 is 0. The summed E-state index contributed by atoms with van der Waals surface area (Å²) in [6.07, 6.45) is 6.67. The van der Waals surface area contributed by atoms with Gasteiger partial charge in [-0.05, 0) is 55.4 Å². The number of rotatable bonds is 7. The van der Waals surface area contributed by atoms with Crippen molar-refractivity contribution >= 4 is 17.7 Å². The van der Waals surface area contributed by atoms with E-state index < -0.39 is 5.97 Å². The molecule has 0 bridgehead atoms. The van der Waals surface area contributed by atoms with Crippen LogP contribution < -0.4 is 0 Å². The number of carboxylic acids is 1. The average molecular weight is 258 g/mol. The van der Waals surface area contributed by atoms with Gasteiger partial charge in [-0.1, -0.05) is 20.3 Å². The zero-order valence-corrected chi connectivity index (χ0v) is 12.0. The van der Waals surface area contributed by atoms with E-state index >= 15 is 0 Å². The Bertz CT molecular complexity index is 230. The summed E-state index contributed by atoms with van der Waals surface area (Å²) in [6.45, 7) is 4.41. The summed E-state index contributed by atoms with van der Waals surface area (Å²) in [5.74, 6) is 2.94. The van der Waals surface area contributed by atoms with E-state index in [1.54, 1.807) is 0 Å². The Morgan fingerprint density at radius 3 is 2.71 bits per heavy atom. The molecule has 17 heavy (non-hydrogen) atoms. The first-order valence-corrected chi connectivity index (χ1v) is 8.15. The van der Waals surface area contributed by atoms with Crippen molar-refractivity contribution in [1.82, 2.24) is 0 Å². The Labute approximate surface area is 110 Å². The van der Waals surface area contributed by atoms with Crippen LogP contribution in [0.15, 0.2) is 0 Å². The molecular weight excluding hydrogens is 232 g/mol. The Morgan fingerprint density at radius 2 is 2.12 bits per heavy atom. The predicted octanol–water partition coefficient (Wildman–Crippen LogP) is 4.05. The second kappa shape index (κ2) is 8.02. The summed E-state index contributed by atoms with van der Waals surface area (Å²) in [7, 11) is 0. The number of carboxylic acid groups (broad SMARTS) is 1. The number of hydrogen-bond acceptors (Lipinski definition) is 2. The van der Waals surface area contributed by atoms with Crippen molar-refractivity contribution in [1.29, 1.82) is 0 Å². The van der Waals surface area contributed by atoms with Crippen molar-refractivity contribution in [3.63, 3.8) is 0 Å². The van der Waals surface area contributed by atoms with Crippen LogP contribution in [0.2, 0.25) is 0 Å². The topological polar surface area (TPSA) is 37.3 Å². The normalized spacial score (nSPS) is 29.2. The fourth-order valence-corrected chi connectivity index (χ4v) is 3.63. The first-order valence-electron chi connectivity index (χ1n) is 6.99. The van der Waals surface area contributed by atoms with Gasteiger partial charge in [-0.2, -0.15) is 11.8 Å². The minimum absolute atomic E-state index is 0.0653. The van der Waals surface area contributed by atoms with E-state index in [4.69, 9.17) is 0 Å². The number of aliphatic carboxylic acids is 1. The third kappa shape index (κ3) is 4.90. The molecule has 1 aliphatic rings. The fraction of sp³-hybridized carbons (Fsp3) is 0.929. The van der Waals surface area contributed by atoms with E-state index in [0.717, 1.165) is 31.6 Å². The Hall–Kier alpha value is -0.180. The maximum atomic E-state index is 11.2. The van der Waals surface area contributed by atoms with Crippen molar-refractivity contribution in [3.05, 3.63) is 0 Å². The van der Waals surface area contributed by atoms with Gasteiger partial charge < -0.3 is 5.11 Å². The van der Waals surface area contributed by atoms with Crippen molar-refractivity contribution in [2.45, 2.75) is 52.4 Å². The zero-order chi connectivity index (χ0) is 12.7. The van der Waals surface area contributed by atoms with E-state index in [1.165, 1.54) is 24.3 Å². The summed E-state index contributed by atoms with van der Waals surface area (Å²) in [6, 6.07) is 0. The molecule has 3 atom stereocenters. The lowest BCUT2D eigenvalue weighted by molar-refractivity contribution is -0.145. The molecule has 3 heteroatoms. The Balaban J connectivity index is 2.40. The highest BCUT2D eigenvalue weighted by molar-refractivity contribution is 7.99. The van der Waals surface area contributed by atoms with Crippen LogP contribution >= 0.6 is 11.8 Å². The minimum Gasteiger partial charge on any atom is -0.481 e. The SMILES string of the molecule is CCSCCCC1CC(CC)CCC1C(=O)O. The molecule has 0 aromatic heterocycles. The molecule has 1 saturated carbocycles. The van der Waals surface area contributed by atoms with Crippen LogP contribution in [0.25, 0.3) is 0 Å². The number of hydrogen-bond donors (Lipinski definition) is 1. The van der Waals surface area contributed by atoms with E-state index in [2.05, 4.69) is 13.8 Å². The molecule has 0 amide bonds. The summed E-state index contributed by atoms with van der Waals surface area (Å²) in [4.78, 5) is 11.2. The molecule has 0 saturated heterocycles. The van der Waals surface area contributed by atoms with Gasteiger partial charge in [-0.3, -0.25) is 4.79 Å². The summed E-state index contributed by atoms with van der Waals surface area (Å²) in [5.41, 5.74) is 0. The highest BCUT2D eigenvalue weighted by Gasteiger charge is 2.33. The molecule has 0 heterocycles. The molecule has 1 N–H and O–H groups in total. The van der Waals surface area contributed by atoms with E-state index in [0.29, 0.717) is 5.92 Å². The van der Waals surface area contributed by atoms with E-state index in [1.807, 2.05) is 11.8 Å². The monoisotopic (exact) mass is 258 g/mol. The van der Waals surface area contributed by atoms with Crippen LogP contribution in [0, 0.1) is 17.8 Å². The first-order chi connectivity index (χ1) is 8.19. The molecule has 0 radical (unpaired) electrons. The summed E-state index contributed by atoms with van der Waals surface area (Å²) in [5, 5.41) is 9.27. The second-order valence-electron chi connectivity index (χ2n) is 5.13. The molecule has 1 aliphatic carbocycles. The largest absolute Gasteiger partial charge is 0.481 e. The van der Waals surface area contributed by atoms with Gasteiger partial charge in [-0.25, -0.2) is 0 Å². The quantitative estimate of drug-likeness (QED) is 0.700. The predicted molar refractivity (Wildman–Crippen MR) is 74.5 cm³/mol. The molecule has 1 fully saturated rings. The van der Waals surface area contributed by atoms with Crippen molar-refractivity contribution in [2.24, 2.45) is 17.8 Å². The molecule has 1 rings (SSSR count). The zero-order valence-electron chi connectivity index (χ0n) is 11.2. The maximum Gasteiger partial charge on any atom is 0.306 e. The average Bonchev–Trinajstić information content (AvgIpc) is 2.34. The number of thioether (sulfide) groups is 1. The smallest absolute Gasteiger partial charge is 0.306 e. The minimum atomic E-state index is -0.562. The van der Waals surface area contributed by atoms with Gasteiger partial charge in [-0.15, -0.1) is 0 Å². The molecular formula is C14H26O2S. The highest BCUT2D eigenvalue weighted by Crippen LogP contribution is 2.38. The lowest BCUT2D eigenvalue weighted by Crippen LogP contribution is -2.30. The maximum absolute atomic E-state index is 11.2.